The maximum atomic E-state index is 13.3. The first-order valence-corrected chi connectivity index (χ1v) is 11.8. The van der Waals surface area contributed by atoms with Gasteiger partial charge in [0.25, 0.3) is 0 Å². The number of benzene rings is 2. The zero-order valence-corrected chi connectivity index (χ0v) is 18.9. The van der Waals surface area contributed by atoms with Gasteiger partial charge in [-0.05, 0) is 46.5 Å². The van der Waals surface area contributed by atoms with Gasteiger partial charge in [-0.3, -0.25) is 4.21 Å². The number of aliphatic carboxylic acids is 1. The van der Waals surface area contributed by atoms with Gasteiger partial charge in [-0.1, -0.05) is 38.0 Å². The van der Waals surface area contributed by atoms with E-state index in [0.29, 0.717) is 21.4 Å². The number of carbonyl (C=O) groups is 1. The average Bonchev–Trinajstić information content (AvgIpc) is 2.87. The van der Waals surface area contributed by atoms with Crippen LogP contribution in [0.2, 0.25) is 0 Å². The third-order valence-electron chi connectivity index (χ3n) is 4.90. The van der Waals surface area contributed by atoms with E-state index >= 15 is 0 Å². The van der Waals surface area contributed by atoms with Gasteiger partial charge in [-0.2, -0.15) is 4.39 Å². The highest BCUT2D eigenvalue weighted by atomic mass is 79.9. The first kappa shape index (κ1) is 22.5. The Morgan fingerprint density at radius 1 is 1.37 bits per heavy atom. The lowest BCUT2D eigenvalue weighted by Gasteiger charge is -2.28. The Kier molecular flexibility index (Phi) is 7.66. The van der Waals surface area contributed by atoms with Crippen molar-refractivity contribution in [2.75, 3.05) is 17.2 Å². The Balaban J connectivity index is 2.04. The summed E-state index contributed by atoms with van der Waals surface area (Å²) < 4.78 is 32.3. The summed E-state index contributed by atoms with van der Waals surface area (Å²) in [6.07, 6.45) is 3.66. The highest BCUT2D eigenvalue weighted by Crippen LogP contribution is 2.41. The molecular weight excluding hydrogens is 473 g/mol. The summed E-state index contributed by atoms with van der Waals surface area (Å²) in [5.41, 5.74) is 1.79. The molecular formula is C22H23BrFNO4S. The van der Waals surface area contributed by atoms with Gasteiger partial charge < -0.3 is 14.7 Å². The fourth-order valence-electron chi connectivity index (χ4n) is 3.41. The molecule has 2 atom stereocenters. The molecule has 0 amide bonds. The van der Waals surface area contributed by atoms with E-state index in [1.165, 1.54) is 0 Å². The van der Waals surface area contributed by atoms with E-state index < -0.39 is 22.6 Å². The maximum absolute atomic E-state index is 13.3. The fraction of sp³-hybridized carbons (Fsp3) is 0.318. The van der Waals surface area contributed by atoms with Gasteiger partial charge in [0, 0.05) is 24.1 Å². The molecule has 1 heterocycles. The van der Waals surface area contributed by atoms with E-state index in [4.69, 9.17) is 9.84 Å². The number of ether oxygens (including phenoxy) is 1. The Morgan fingerprint density at radius 2 is 2.10 bits per heavy atom. The van der Waals surface area contributed by atoms with Gasteiger partial charge in [0.05, 0.1) is 25.9 Å². The number of carboxylic acid groups (broad SMARTS) is 1. The van der Waals surface area contributed by atoms with Gasteiger partial charge in [0.15, 0.2) is 0 Å². The van der Waals surface area contributed by atoms with Crippen molar-refractivity contribution in [2.45, 2.75) is 31.1 Å². The van der Waals surface area contributed by atoms with Gasteiger partial charge in [0.1, 0.15) is 12.0 Å². The van der Waals surface area contributed by atoms with Crippen molar-refractivity contribution >= 4 is 44.1 Å². The van der Waals surface area contributed by atoms with Crippen molar-refractivity contribution in [1.82, 2.24) is 0 Å². The number of anilines is 2. The average molecular weight is 496 g/mol. The van der Waals surface area contributed by atoms with E-state index in [1.54, 1.807) is 12.1 Å². The molecule has 160 valence electrons. The summed E-state index contributed by atoms with van der Waals surface area (Å²) in [5.74, 6) is -2.14. The number of unbranched alkanes of at least 4 members (excludes halogenated alkanes) is 1. The van der Waals surface area contributed by atoms with E-state index in [0.717, 1.165) is 37.2 Å². The SMILES string of the molecule is CCCCC1CN(c2ccccc2)c2cc(Br)c(O/C=C(\F)C(=O)O)cc2S(=O)C1. The highest BCUT2D eigenvalue weighted by Gasteiger charge is 2.28. The number of fused-ring (bicyclic) bond motifs is 1. The molecule has 2 aromatic rings. The zero-order chi connectivity index (χ0) is 21.7. The van der Waals surface area contributed by atoms with Gasteiger partial charge in [0.2, 0.25) is 5.83 Å². The number of halogens is 2. The number of hydrogen-bond donors (Lipinski definition) is 1. The molecule has 2 aromatic carbocycles. The minimum Gasteiger partial charge on any atom is -0.476 e. The second-order valence-corrected chi connectivity index (χ2v) is 9.42. The number of para-hydroxylation sites is 1. The molecule has 0 saturated heterocycles. The summed E-state index contributed by atoms with van der Waals surface area (Å²) in [6, 6.07) is 13.3. The van der Waals surface area contributed by atoms with Crippen LogP contribution in [0.3, 0.4) is 0 Å². The van der Waals surface area contributed by atoms with Crippen molar-refractivity contribution in [3.05, 3.63) is 59.0 Å². The van der Waals surface area contributed by atoms with Crippen LogP contribution in [0.15, 0.2) is 63.9 Å². The van der Waals surface area contributed by atoms with Gasteiger partial charge >= 0.3 is 5.97 Å². The minimum atomic E-state index is -1.71. The van der Waals surface area contributed by atoms with Crippen LogP contribution in [-0.4, -0.2) is 27.6 Å². The number of nitrogens with zero attached hydrogens (tertiary/aromatic N) is 1. The predicted octanol–water partition coefficient (Wildman–Crippen LogP) is 5.79. The molecule has 1 aliphatic heterocycles. The van der Waals surface area contributed by atoms with Gasteiger partial charge in [-0.25, -0.2) is 4.79 Å². The van der Waals surface area contributed by atoms with Crippen LogP contribution >= 0.6 is 15.9 Å². The van der Waals surface area contributed by atoms with Crippen molar-refractivity contribution in [3.8, 4) is 5.75 Å². The quantitative estimate of drug-likeness (QED) is 0.388. The summed E-state index contributed by atoms with van der Waals surface area (Å²) in [7, 11) is -1.28. The number of carboxylic acids is 1. The molecule has 0 spiro atoms. The molecule has 0 aliphatic carbocycles. The summed E-state index contributed by atoms with van der Waals surface area (Å²) >= 11 is 3.42. The smallest absolute Gasteiger partial charge is 0.368 e. The topological polar surface area (TPSA) is 66.8 Å². The van der Waals surface area contributed by atoms with Crippen LogP contribution in [-0.2, 0) is 15.6 Å². The van der Waals surface area contributed by atoms with Crippen molar-refractivity contribution in [3.63, 3.8) is 0 Å². The van der Waals surface area contributed by atoms with Crippen LogP contribution in [0.1, 0.15) is 26.2 Å². The third kappa shape index (κ3) is 5.29. The molecule has 30 heavy (non-hydrogen) atoms. The van der Waals surface area contributed by atoms with Crippen molar-refractivity contribution < 1.29 is 23.2 Å². The monoisotopic (exact) mass is 495 g/mol. The normalized spacial score (nSPS) is 19.2. The summed E-state index contributed by atoms with van der Waals surface area (Å²) in [6.45, 7) is 2.88. The standard InChI is InChI=1S/C22H23BrFNO4S/c1-2-3-7-15-12-25(16-8-5-4-6-9-16)19-10-17(23)20(11-21(19)30(28)14-15)29-13-18(24)22(26)27/h4-6,8-11,13,15H,2-3,7,12,14H2,1H3,(H,26,27)/b18-13-. The number of hydrogen-bond acceptors (Lipinski definition) is 4. The maximum Gasteiger partial charge on any atom is 0.368 e. The first-order valence-electron chi connectivity index (χ1n) is 9.70. The van der Waals surface area contributed by atoms with Crippen molar-refractivity contribution in [1.29, 1.82) is 0 Å². The Morgan fingerprint density at radius 3 is 2.77 bits per heavy atom. The largest absolute Gasteiger partial charge is 0.476 e. The third-order valence-corrected chi connectivity index (χ3v) is 7.12. The second-order valence-electron chi connectivity index (χ2n) is 7.11. The Bertz CT molecular complexity index is 967. The fourth-order valence-corrected chi connectivity index (χ4v) is 5.35. The second kappa shape index (κ2) is 10.2. The predicted molar refractivity (Wildman–Crippen MR) is 119 cm³/mol. The van der Waals surface area contributed by atoms with Gasteiger partial charge in [-0.15, -0.1) is 0 Å². The molecule has 3 rings (SSSR count). The van der Waals surface area contributed by atoms with Crippen LogP contribution in [0.5, 0.6) is 5.75 Å². The lowest BCUT2D eigenvalue weighted by molar-refractivity contribution is -0.134. The molecule has 0 aromatic heterocycles. The molecule has 1 aliphatic rings. The van der Waals surface area contributed by atoms with Crippen molar-refractivity contribution in [2.24, 2.45) is 5.92 Å². The van der Waals surface area contributed by atoms with E-state index in [9.17, 15) is 13.4 Å². The molecule has 0 fully saturated rings. The highest BCUT2D eigenvalue weighted by molar-refractivity contribution is 9.10. The first-order chi connectivity index (χ1) is 14.4. The van der Waals surface area contributed by atoms with E-state index in [2.05, 4.69) is 27.8 Å². The molecule has 1 N–H and O–H groups in total. The van der Waals surface area contributed by atoms with Crippen LogP contribution in [0, 0.1) is 5.92 Å². The summed E-state index contributed by atoms with van der Waals surface area (Å²) in [4.78, 5) is 13.4. The molecule has 5 nitrogen and oxygen atoms in total. The minimum absolute atomic E-state index is 0.207. The van der Waals surface area contributed by atoms with E-state index in [1.807, 2.05) is 30.3 Å². The van der Waals surface area contributed by atoms with E-state index in [-0.39, 0.29) is 11.7 Å². The molecule has 2 unspecified atom stereocenters. The Labute approximate surface area is 186 Å². The molecule has 8 heteroatoms. The van der Waals surface area contributed by atoms with Crippen LogP contribution in [0.4, 0.5) is 15.8 Å². The molecule has 0 radical (unpaired) electrons. The molecule has 0 saturated carbocycles. The zero-order valence-electron chi connectivity index (χ0n) is 16.5. The number of rotatable bonds is 7. The van der Waals surface area contributed by atoms with Crippen LogP contribution < -0.4 is 9.64 Å². The summed E-state index contributed by atoms with van der Waals surface area (Å²) in [5, 5.41) is 8.67. The molecule has 0 bridgehead atoms. The van der Waals surface area contributed by atoms with Crippen LogP contribution in [0.25, 0.3) is 0 Å². The Hall–Kier alpha value is -2.19. The lowest BCUT2D eigenvalue weighted by Crippen LogP contribution is -2.25. The lowest BCUT2D eigenvalue weighted by atomic mass is 10.0.